The highest BCUT2D eigenvalue weighted by atomic mass is 32.2. The van der Waals surface area contributed by atoms with E-state index in [1.165, 1.54) is 13.3 Å². The van der Waals surface area contributed by atoms with Gasteiger partial charge in [-0.15, -0.1) is 0 Å². The molecule has 0 bridgehead atoms. The number of nitrogens with one attached hydrogen (secondary N) is 1. The molecule has 0 saturated heterocycles. The average Bonchev–Trinajstić information content (AvgIpc) is 3.30. The first-order valence-electron chi connectivity index (χ1n) is 7.55. The zero-order chi connectivity index (χ0) is 19.4. The minimum Gasteiger partial charge on any atom is -0.497 e. The van der Waals surface area contributed by atoms with Crippen LogP contribution in [0.4, 0.5) is 5.69 Å². The second-order valence-electron chi connectivity index (χ2n) is 5.33. The standard InChI is InChI=1S/C14H16N6O5S2/c1-24-10-4-2-3-9(7-10)16-13(17-21)12-14(19-25-18-12)26-11-5-6-20(8-11)27(15,22)23/h2-4,7-8,21H,5-6H2,1H3,(H,16,17)(H2,15,22,23). The SMILES string of the molecule is COc1cccc(N/C(=N\O)c2nonc2SC2=CN(S(N)(=O)=O)CC2)c1. The van der Waals surface area contributed by atoms with Crippen LogP contribution in [0.25, 0.3) is 0 Å². The maximum atomic E-state index is 11.4. The molecule has 27 heavy (non-hydrogen) atoms. The monoisotopic (exact) mass is 412 g/mol. The van der Waals surface area contributed by atoms with Gasteiger partial charge in [-0.2, -0.15) is 8.42 Å². The van der Waals surface area contributed by atoms with Gasteiger partial charge in [-0.25, -0.2) is 9.77 Å². The molecule has 4 N–H and O–H groups in total. The van der Waals surface area contributed by atoms with Crippen molar-refractivity contribution in [3.8, 4) is 5.75 Å². The molecule has 3 rings (SSSR count). The van der Waals surface area contributed by atoms with Gasteiger partial charge in [0.2, 0.25) is 5.84 Å². The molecule has 0 fully saturated rings. The van der Waals surface area contributed by atoms with Crippen LogP contribution < -0.4 is 15.2 Å². The Hall–Kier alpha value is -2.77. The molecule has 1 aliphatic rings. The van der Waals surface area contributed by atoms with Crippen LogP contribution in [0, 0.1) is 0 Å². The van der Waals surface area contributed by atoms with E-state index >= 15 is 0 Å². The predicted octanol–water partition coefficient (Wildman–Crippen LogP) is 1.17. The van der Waals surface area contributed by atoms with Gasteiger partial charge in [0, 0.05) is 29.4 Å². The lowest BCUT2D eigenvalue weighted by Gasteiger charge is -2.09. The van der Waals surface area contributed by atoms with E-state index in [9.17, 15) is 13.6 Å². The van der Waals surface area contributed by atoms with Gasteiger partial charge in [-0.3, -0.25) is 4.31 Å². The van der Waals surface area contributed by atoms with Crippen molar-refractivity contribution in [1.29, 1.82) is 0 Å². The van der Waals surface area contributed by atoms with E-state index in [1.807, 2.05) is 0 Å². The molecular weight excluding hydrogens is 396 g/mol. The summed E-state index contributed by atoms with van der Waals surface area (Å²) in [4.78, 5) is 0.694. The van der Waals surface area contributed by atoms with Crippen LogP contribution >= 0.6 is 11.8 Å². The summed E-state index contributed by atoms with van der Waals surface area (Å²) < 4.78 is 33.7. The van der Waals surface area contributed by atoms with Crippen molar-refractivity contribution in [2.45, 2.75) is 11.4 Å². The van der Waals surface area contributed by atoms with Crippen molar-refractivity contribution in [1.82, 2.24) is 14.6 Å². The fourth-order valence-corrected chi connectivity index (χ4v) is 3.88. The lowest BCUT2D eigenvalue weighted by atomic mass is 10.3. The zero-order valence-electron chi connectivity index (χ0n) is 14.1. The molecule has 0 atom stereocenters. The fourth-order valence-electron chi connectivity index (χ4n) is 2.27. The molecule has 0 saturated carbocycles. The number of rotatable bonds is 6. The predicted molar refractivity (Wildman–Crippen MR) is 97.6 cm³/mol. The molecule has 0 spiro atoms. The lowest BCUT2D eigenvalue weighted by molar-refractivity contribution is 0.297. The number of oxime groups is 1. The molecular formula is C14H16N6O5S2. The van der Waals surface area contributed by atoms with Crippen molar-refractivity contribution in [2.75, 3.05) is 19.0 Å². The smallest absolute Gasteiger partial charge is 0.298 e. The largest absolute Gasteiger partial charge is 0.497 e. The van der Waals surface area contributed by atoms with Gasteiger partial charge in [0.1, 0.15) is 5.75 Å². The highest BCUT2D eigenvalue weighted by Gasteiger charge is 2.25. The van der Waals surface area contributed by atoms with Crippen molar-refractivity contribution < 1.29 is 23.0 Å². The number of anilines is 1. The molecule has 11 nitrogen and oxygen atoms in total. The summed E-state index contributed by atoms with van der Waals surface area (Å²) in [6, 6.07) is 6.98. The van der Waals surface area contributed by atoms with Crippen molar-refractivity contribution in [3.05, 3.63) is 41.1 Å². The lowest BCUT2D eigenvalue weighted by Crippen LogP contribution is -2.30. The number of thioether (sulfide) groups is 1. The molecule has 13 heteroatoms. The molecule has 2 aromatic rings. The fraction of sp³-hybridized carbons (Fsp3) is 0.214. The minimum atomic E-state index is -3.80. The van der Waals surface area contributed by atoms with Crippen molar-refractivity contribution in [2.24, 2.45) is 10.3 Å². The van der Waals surface area contributed by atoms with Crippen LogP contribution in [0.2, 0.25) is 0 Å². The van der Waals surface area contributed by atoms with Crippen LogP contribution in [-0.2, 0) is 10.2 Å². The number of hydrogen-bond donors (Lipinski definition) is 3. The summed E-state index contributed by atoms with van der Waals surface area (Å²) in [7, 11) is -2.26. The summed E-state index contributed by atoms with van der Waals surface area (Å²) in [5, 5.41) is 28.5. The average molecular weight is 412 g/mol. The normalized spacial score (nSPS) is 15.0. The first-order valence-corrected chi connectivity index (χ1v) is 9.87. The number of amidine groups is 1. The second kappa shape index (κ2) is 7.85. The Morgan fingerprint density at radius 1 is 1.48 bits per heavy atom. The second-order valence-corrected chi connectivity index (χ2v) is 7.94. The first-order chi connectivity index (χ1) is 12.9. The van der Waals surface area contributed by atoms with Crippen LogP contribution in [0.5, 0.6) is 5.75 Å². The van der Waals surface area contributed by atoms with Gasteiger partial charge in [-0.05, 0) is 28.9 Å². The van der Waals surface area contributed by atoms with E-state index in [0.29, 0.717) is 27.8 Å². The molecule has 0 amide bonds. The van der Waals surface area contributed by atoms with E-state index in [2.05, 4.69) is 20.8 Å². The maximum Gasteiger partial charge on any atom is 0.298 e. The van der Waals surface area contributed by atoms with Crippen LogP contribution in [0.1, 0.15) is 12.1 Å². The number of hydrogen-bond acceptors (Lipinski definition) is 9. The van der Waals surface area contributed by atoms with Gasteiger partial charge >= 0.3 is 0 Å². The first kappa shape index (κ1) is 19.0. The molecule has 0 radical (unpaired) electrons. The third-order valence-corrected chi connectivity index (χ3v) is 5.51. The Kier molecular flexibility index (Phi) is 5.53. The van der Waals surface area contributed by atoms with E-state index in [1.54, 1.807) is 24.3 Å². The number of benzene rings is 1. The molecule has 2 heterocycles. The van der Waals surface area contributed by atoms with Gasteiger partial charge in [0.15, 0.2) is 10.7 Å². The number of ether oxygens (including phenoxy) is 1. The minimum absolute atomic E-state index is 0.00824. The highest BCUT2D eigenvalue weighted by molar-refractivity contribution is 8.03. The van der Waals surface area contributed by atoms with E-state index in [0.717, 1.165) is 16.1 Å². The van der Waals surface area contributed by atoms with E-state index in [-0.39, 0.29) is 18.1 Å². The summed E-state index contributed by atoms with van der Waals surface area (Å²) in [5.41, 5.74) is 0.766. The summed E-state index contributed by atoms with van der Waals surface area (Å²) in [5.74, 6) is 0.623. The Balaban J connectivity index is 1.79. The quantitative estimate of drug-likeness (QED) is 0.274. The Morgan fingerprint density at radius 2 is 2.30 bits per heavy atom. The third kappa shape index (κ3) is 4.50. The molecule has 144 valence electrons. The van der Waals surface area contributed by atoms with Crippen LogP contribution in [-0.4, -0.2) is 47.7 Å². The molecule has 1 aromatic carbocycles. The third-order valence-electron chi connectivity index (χ3n) is 3.54. The number of nitrogens with two attached hydrogens (primary N) is 1. The van der Waals surface area contributed by atoms with Gasteiger partial charge in [0.25, 0.3) is 10.2 Å². The Bertz CT molecular complexity index is 987. The van der Waals surface area contributed by atoms with Crippen molar-refractivity contribution in [3.63, 3.8) is 0 Å². The van der Waals surface area contributed by atoms with E-state index < -0.39 is 10.2 Å². The highest BCUT2D eigenvalue weighted by Crippen LogP contribution is 2.34. The number of aromatic nitrogens is 2. The Morgan fingerprint density at radius 3 is 2.96 bits per heavy atom. The summed E-state index contributed by atoms with van der Waals surface area (Å²) in [6.07, 6.45) is 1.88. The molecule has 1 aliphatic heterocycles. The van der Waals surface area contributed by atoms with Gasteiger partial charge < -0.3 is 15.3 Å². The topological polar surface area (TPSA) is 156 Å². The number of methoxy groups -OCH3 is 1. The van der Waals surface area contributed by atoms with E-state index in [4.69, 9.17) is 14.5 Å². The van der Waals surface area contributed by atoms with Crippen molar-refractivity contribution >= 4 is 33.5 Å². The van der Waals surface area contributed by atoms with Gasteiger partial charge in [0.05, 0.1) is 7.11 Å². The summed E-state index contributed by atoms with van der Waals surface area (Å²) >= 11 is 1.14. The molecule has 1 aromatic heterocycles. The maximum absolute atomic E-state index is 11.4. The summed E-state index contributed by atoms with van der Waals surface area (Å²) in [6.45, 7) is 0.241. The Labute approximate surface area is 159 Å². The molecule has 0 unspecified atom stereocenters. The van der Waals surface area contributed by atoms with Crippen LogP contribution in [0.15, 0.2) is 50.2 Å². The van der Waals surface area contributed by atoms with Crippen LogP contribution in [0.3, 0.4) is 0 Å². The number of nitrogens with zero attached hydrogens (tertiary/aromatic N) is 4. The molecule has 0 aliphatic carbocycles. The van der Waals surface area contributed by atoms with Gasteiger partial charge in [-0.1, -0.05) is 23.0 Å². The zero-order valence-corrected chi connectivity index (χ0v) is 15.7.